The molecule has 0 radical (unpaired) electrons. The Bertz CT molecular complexity index is 747. The van der Waals surface area contributed by atoms with Crippen LogP contribution in [0.2, 0.25) is 0 Å². The first-order valence-corrected chi connectivity index (χ1v) is 13.1. The SMILES string of the molecule is C[C@H]1CNC2=C(C1)O[C@@H]1C[C@H]3[C@@H]4CC[C@H]5C[C@@H](O)CC[C@]5(C)[C@H]4CC[C@]3(C)[C@H]1[C@@H]2C. The van der Waals surface area contributed by atoms with E-state index in [9.17, 15) is 5.11 Å². The lowest BCUT2D eigenvalue weighted by Gasteiger charge is -2.61. The first-order chi connectivity index (χ1) is 14.3. The number of aliphatic hydroxyl groups excluding tert-OH is 1. The molecule has 0 aromatic heterocycles. The molecule has 168 valence electrons. The molecule has 0 saturated heterocycles. The zero-order chi connectivity index (χ0) is 20.8. The standard InChI is InChI=1S/C27H43NO2/c1-15-11-23-25(28-14-15)16(2)24-22(30-23)13-21-19-6-5-17-12-18(29)7-9-26(17,3)20(19)8-10-27(21,24)4/h15-22,24,28-29H,5-14H2,1-4H3/t15-,16+,17+,18+,19-,20+,21+,22-,24+,26+,27+/m1/s1. The van der Waals surface area contributed by atoms with Crippen molar-refractivity contribution < 1.29 is 9.84 Å². The number of hydrogen-bond acceptors (Lipinski definition) is 3. The van der Waals surface area contributed by atoms with Crippen molar-refractivity contribution in [3.63, 3.8) is 0 Å². The first-order valence-electron chi connectivity index (χ1n) is 13.1. The highest BCUT2D eigenvalue weighted by Gasteiger charge is 2.64. The van der Waals surface area contributed by atoms with Crippen LogP contribution in [0.5, 0.6) is 0 Å². The van der Waals surface area contributed by atoms with Gasteiger partial charge < -0.3 is 15.2 Å². The molecule has 11 atom stereocenters. The van der Waals surface area contributed by atoms with E-state index in [-0.39, 0.29) is 6.10 Å². The lowest BCUT2D eigenvalue weighted by molar-refractivity contribution is -0.130. The van der Waals surface area contributed by atoms with Crippen molar-refractivity contribution in [1.82, 2.24) is 5.32 Å². The number of ether oxygens (including phenoxy) is 1. The fourth-order valence-electron chi connectivity index (χ4n) is 10.0. The van der Waals surface area contributed by atoms with E-state index in [2.05, 4.69) is 33.0 Å². The van der Waals surface area contributed by atoms with Gasteiger partial charge in [-0.15, -0.1) is 0 Å². The van der Waals surface area contributed by atoms with Crippen LogP contribution in [0.15, 0.2) is 11.5 Å². The van der Waals surface area contributed by atoms with Gasteiger partial charge in [-0.3, -0.25) is 0 Å². The molecular weight excluding hydrogens is 370 g/mol. The molecule has 0 aromatic carbocycles. The molecule has 0 spiro atoms. The smallest absolute Gasteiger partial charge is 0.116 e. The molecule has 3 nitrogen and oxygen atoms in total. The summed E-state index contributed by atoms with van der Waals surface area (Å²) in [7, 11) is 0. The van der Waals surface area contributed by atoms with Crippen LogP contribution in [0, 0.1) is 52.3 Å². The van der Waals surface area contributed by atoms with Crippen LogP contribution in [0.4, 0.5) is 0 Å². The van der Waals surface area contributed by atoms with Crippen LogP contribution in [0.25, 0.3) is 0 Å². The zero-order valence-corrected chi connectivity index (χ0v) is 19.6. The summed E-state index contributed by atoms with van der Waals surface area (Å²) in [6.07, 6.45) is 11.7. The quantitative estimate of drug-likeness (QED) is 0.551. The van der Waals surface area contributed by atoms with E-state index in [1.165, 1.54) is 50.0 Å². The fraction of sp³-hybridized carbons (Fsp3) is 0.926. The summed E-state index contributed by atoms with van der Waals surface area (Å²) in [6, 6.07) is 0. The Morgan fingerprint density at radius 1 is 0.967 bits per heavy atom. The predicted molar refractivity (Wildman–Crippen MR) is 119 cm³/mol. The van der Waals surface area contributed by atoms with Crippen LogP contribution in [-0.2, 0) is 4.74 Å². The average molecular weight is 414 g/mol. The summed E-state index contributed by atoms with van der Waals surface area (Å²) < 4.78 is 6.82. The fourth-order valence-corrected chi connectivity index (χ4v) is 10.0. The maximum Gasteiger partial charge on any atom is 0.116 e. The Hall–Kier alpha value is -0.700. The van der Waals surface area contributed by atoms with Crippen LogP contribution in [-0.4, -0.2) is 23.9 Å². The molecule has 0 amide bonds. The van der Waals surface area contributed by atoms with Crippen molar-refractivity contribution in [2.45, 2.75) is 97.7 Å². The zero-order valence-electron chi connectivity index (χ0n) is 19.6. The number of fused-ring (bicyclic) bond motifs is 7. The Balaban J connectivity index is 1.30. The molecule has 0 bridgehead atoms. The second-order valence-corrected chi connectivity index (χ2v) is 12.9. The molecule has 6 aliphatic rings. The minimum atomic E-state index is -0.0376. The summed E-state index contributed by atoms with van der Waals surface area (Å²) in [5.41, 5.74) is 2.36. The highest BCUT2D eigenvalue weighted by Crippen LogP contribution is 2.69. The summed E-state index contributed by atoms with van der Waals surface area (Å²) in [6.45, 7) is 11.2. The lowest BCUT2D eigenvalue weighted by Crippen LogP contribution is -2.54. The molecule has 3 heteroatoms. The second-order valence-electron chi connectivity index (χ2n) is 12.9. The van der Waals surface area contributed by atoms with Gasteiger partial charge in [-0.1, -0.05) is 27.7 Å². The van der Waals surface area contributed by atoms with Gasteiger partial charge in [0.15, 0.2) is 0 Å². The van der Waals surface area contributed by atoms with Gasteiger partial charge in [0.1, 0.15) is 11.9 Å². The third-order valence-electron chi connectivity index (χ3n) is 11.5. The Kier molecular flexibility index (Phi) is 4.42. The maximum absolute atomic E-state index is 10.3. The van der Waals surface area contributed by atoms with E-state index in [1.54, 1.807) is 0 Å². The molecule has 0 unspecified atom stereocenters. The largest absolute Gasteiger partial charge is 0.493 e. The van der Waals surface area contributed by atoms with Crippen LogP contribution in [0.1, 0.15) is 85.5 Å². The molecule has 30 heavy (non-hydrogen) atoms. The third kappa shape index (κ3) is 2.60. The van der Waals surface area contributed by atoms with Gasteiger partial charge in [0.05, 0.1) is 11.8 Å². The molecule has 6 rings (SSSR count). The molecule has 4 fully saturated rings. The number of hydrogen-bond donors (Lipinski definition) is 2. The number of rotatable bonds is 0. The molecule has 4 saturated carbocycles. The van der Waals surface area contributed by atoms with Crippen LogP contribution in [0.3, 0.4) is 0 Å². The summed E-state index contributed by atoms with van der Waals surface area (Å²) in [5, 5.41) is 14.1. The third-order valence-corrected chi connectivity index (χ3v) is 11.5. The predicted octanol–water partition coefficient (Wildman–Crippen LogP) is 5.49. The number of allylic oxidation sites excluding steroid dienone is 2. The molecule has 2 aliphatic heterocycles. The van der Waals surface area contributed by atoms with Gasteiger partial charge in [0.25, 0.3) is 0 Å². The van der Waals surface area contributed by atoms with Gasteiger partial charge >= 0.3 is 0 Å². The number of nitrogens with one attached hydrogen (secondary N) is 1. The van der Waals surface area contributed by atoms with E-state index in [4.69, 9.17) is 4.74 Å². The topological polar surface area (TPSA) is 41.5 Å². The Labute approximate surface area is 183 Å². The van der Waals surface area contributed by atoms with E-state index >= 15 is 0 Å². The van der Waals surface area contributed by atoms with Gasteiger partial charge in [0.2, 0.25) is 0 Å². The molecule has 4 aliphatic carbocycles. The Morgan fingerprint density at radius 2 is 1.77 bits per heavy atom. The van der Waals surface area contributed by atoms with Gasteiger partial charge in [-0.05, 0) is 91.8 Å². The normalized spacial score (nSPS) is 57.2. The van der Waals surface area contributed by atoms with E-state index < -0.39 is 0 Å². The summed E-state index contributed by atoms with van der Waals surface area (Å²) in [5.74, 6) is 6.63. The molecule has 2 heterocycles. The highest BCUT2D eigenvalue weighted by atomic mass is 16.5. The monoisotopic (exact) mass is 413 g/mol. The van der Waals surface area contributed by atoms with E-state index in [1.807, 2.05) is 0 Å². The van der Waals surface area contributed by atoms with Crippen molar-refractivity contribution in [3.8, 4) is 0 Å². The van der Waals surface area contributed by atoms with Crippen LogP contribution < -0.4 is 5.32 Å². The van der Waals surface area contributed by atoms with Crippen molar-refractivity contribution in [3.05, 3.63) is 11.5 Å². The van der Waals surface area contributed by atoms with Crippen molar-refractivity contribution in [2.24, 2.45) is 52.3 Å². The highest BCUT2D eigenvalue weighted by molar-refractivity contribution is 5.24. The van der Waals surface area contributed by atoms with E-state index in [0.29, 0.717) is 34.7 Å². The Morgan fingerprint density at radius 3 is 2.60 bits per heavy atom. The van der Waals surface area contributed by atoms with E-state index in [0.717, 1.165) is 49.5 Å². The van der Waals surface area contributed by atoms with Crippen molar-refractivity contribution >= 4 is 0 Å². The second kappa shape index (κ2) is 6.65. The van der Waals surface area contributed by atoms with Gasteiger partial charge in [0, 0.05) is 24.8 Å². The molecular formula is C27H43NO2. The minimum absolute atomic E-state index is 0.0376. The summed E-state index contributed by atoms with van der Waals surface area (Å²) >= 11 is 0. The van der Waals surface area contributed by atoms with Gasteiger partial charge in [-0.2, -0.15) is 0 Å². The first kappa shape index (κ1) is 19.9. The average Bonchev–Trinajstić information content (AvgIpc) is 3.01. The van der Waals surface area contributed by atoms with Crippen LogP contribution >= 0.6 is 0 Å². The minimum Gasteiger partial charge on any atom is -0.493 e. The van der Waals surface area contributed by atoms with Gasteiger partial charge in [-0.25, -0.2) is 0 Å². The molecule has 0 aromatic rings. The maximum atomic E-state index is 10.3. The van der Waals surface area contributed by atoms with Crippen molar-refractivity contribution in [2.75, 3.05) is 6.54 Å². The lowest BCUT2D eigenvalue weighted by atomic mass is 9.44. The van der Waals surface area contributed by atoms with Crippen molar-refractivity contribution in [1.29, 1.82) is 0 Å². The molecule has 2 N–H and O–H groups in total. The number of aliphatic hydroxyl groups is 1. The summed E-state index contributed by atoms with van der Waals surface area (Å²) in [4.78, 5) is 0.